The van der Waals surface area contributed by atoms with Gasteiger partial charge in [-0.25, -0.2) is 0 Å². The molecular formula is C17H17BrN2O2S. The fraction of sp³-hybridized carbons (Fsp3) is 0.176. The molecule has 0 aliphatic heterocycles. The minimum Gasteiger partial charge on any atom is -0.354 e. The van der Waals surface area contributed by atoms with Crippen molar-refractivity contribution >= 4 is 39.5 Å². The van der Waals surface area contributed by atoms with Crippen LogP contribution >= 0.6 is 27.7 Å². The summed E-state index contributed by atoms with van der Waals surface area (Å²) in [7, 11) is 0. The first-order valence-corrected chi connectivity index (χ1v) is 8.91. The van der Waals surface area contributed by atoms with Crippen LogP contribution in [0, 0.1) is 0 Å². The number of hydrogen-bond donors (Lipinski definition) is 2. The lowest BCUT2D eigenvalue weighted by molar-refractivity contribution is -0.120. The van der Waals surface area contributed by atoms with E-state index in [9.17, 15) is 9.59 Å². The van der Waals surface area contributed by atoms with Crippen molar-refractivity contribution in [2.24, 2.45) is 0 Å². The molecule has 0 saturated heterocycles. The first-order valence-electron chi connectivity index (χ1n) is 7.13. The zero-order valence-electron chi connectivity index (χ0n) is 12.4. The van der Waals surface area contributed by atoms with Gasteiger partial charge in [0.2, 0.25) is 5.91 Å². The minimum atomic E-state index is -0.264. The molecule has 0 fully saturated rings. The monoisotopic (exact) mass is 392 g/mol. The van der Waals surface area contributed by atoms with Crippen LogP contribution in [-0.2, 0) is 4.79 Å². The molecule has 6 heteroatoms. The van der Waals surface area contributed by atoms with E-state index in [1.165, 1.54) is 4.90 Å². The topological polar surface area (TPSA) is 58.2 Å². The van der Waals surface area contributed by atoms with Gasteiger partial charge in [-0.3, -0.25) is 9.59 Å². The van der Waals surface area contributed by atoms with Crippen molar-refractivity contribution in [3.05, 3.63) is 64.6 Å². The van der Waals surface area contributed by atoms with Crippen LogP contribution in [0.2, 0.25) is 0 Å². The van der Waals surface area contributed by atoms with Gasteiger partial charge in [-0.1, -0.05) is 40.2 Å². The van der Waals surface area contributed by atoms with Crippen molar-refractivity contribution in [1.29, 1.82) is 0 Å². The van der Waals surface area contributed by atoms with Crippen LogP contribution < -0.4 is 10.6 Å². The van der Waals surface area contributed by atoms with E-state index < -0.39 is 0 Å². The molecule has 2 N–H and O–H groups in total. The maximum atomic E-state index is 11.9. The Morgan fingerprint density at radius 2 is 1.78 bits per heavy atom. The van der Waals surface area contributed by atoms with Gasteiger partial charge in [-0.15, -0.1) is 11.8 Å². The van der Waals surface area contributed by atoms with Gasteiger partial charge in [-0.2, -0.15) is 0 Å². The smallest absolute Gasteiger partial charge is 0.251 e. The fourth-order valence-corrected chi connectivity index (χ4v) is 3.02. The lowest BCUT2D eigenvalue weighted by atomic mass is 10.2. The second-order valence-corrected chi connectivity index (χ2v) is 6.79. The van der Waals surface area contributed by atoms with E-state index in [0.29, 0.717) is 12.1 Å². The molecule has 2 aromatic carbocycles. The maximum absolute atomic E-state index is 11.9. The zero-order chi connectivity index (χ0) is 16.5. The summed E-state index contributed by atoms with van der Waals surface area (Å²) in [6.07, 6.45) is 0. The van der Waals surface area contributed by atoms with Gasteiger partial charge in [0.25, 0.3) is 5.91 Å². The molecule has 0 aliphatic rings. The summed E-state index contributed by atoms with van der Waals surface area (Å²) >= 11 is 4.99. The molecule has 23 heavy (non-hydrogen) atoms. The lowest BCUT2D eigenvalue weighted by Gasteiger charge is -2.07. The molecule has 2 rings (SSSR count). The highest BCUT2D eigenvalue weighted by atomic mass is 79.9. The molecule has 0 atom stereocenters. The zero-order valence-corrected chi connectivity index (χ0v) is 14.8. The number of carbonyl (C=O) groups excluding carboxylic acids is 2. The summed E-state index contributed by atoms with van der Waals surface area (Å²) in [5, 5.41) is 5.39. The Kier molecular flexibility index (Phi) is 7.16. The molecule has 0 bridgehead atoms. The van der Waals surface area contributed by atoms with Gasteiger partial charge in [0.05, 0.1) is 6.54 Å². The number of amides is 2. The van der Waals surface area contributed by atoms with Crippen LogP contribution in [0.5, 0.6) is 0 Å². The molecule has 2 amide bonds. The molecular weight excluding hydrogens is 376 g/mol. The molecule has 0 aromatic heterocycles. The lowest BCUT2D eigenvalue weighted by Crippen LogP contribution is -2.37. The highest BCUT2D eigenvalue weighted by Gasteiger charge is 2.07. The van der Waals surface area contributed by atoms with E-state index in [1.807, 2.05) is 36.4 Å². The number of carbonyl (C=O) groups is 2. The summed E-state index contributed by atoms with van der Waals surface area (Å²) in [6, 6.07) is 17.0. The summed E-state index contributed by atoms with van der Waals surface area (Å²) in [4.78, 5) is 24.8. The van der Waals surface area contributed by atoms with E-state index in [1.54, 1.807) is 30.0 Å². The Labute approximate surface area is 148 Å². The third kappa shape index (κ3) is 6.46. The van der Waals surface area contributed by atoms with E-state index >= 15 is 0 Å². The Morgan fingerprint density at radius 1 is 1.00 bits per heavy atom. The number of benzene rings is 2. The number of hydrogen-bond acceptors (Lipinski definition) is 3. The summed E-state index contributed by atoms with van der Waals surface area (Å²) < 4.78 is 0.826. The first kappa shape index (κ1) is 17.6. The van der Waals surface area contributed by atoms with Crippen molar-refractivity contribution in [2.45, 2.75) is 4.90 Å². The van der Waals surface area contributed by atoms with E-state index in [-0.39, 0.29) is 18.4 Å². The van der Waals surface area contributed by atoms with Crippen molar-refractivity contribution < 1.29 is 9.59 Å². The largest absolute Gasteiger partial charge is 0.354 e. The van der Waals surface area contributed by atoms with Gasteiger partial charge >= 0.3 is 0 Å². The molecule has 0 radical (unpaired) electrons. The molecule has 4 nitrogen and oxygen atoms in total. The first-order chi connectivity index (χ1) is 11.1. The Hall–Kier alpha value is -1.79. The van der Waals surface area contributed by atoms with Crippen molar-refractivity contribution in [3.63, 3.8) is 0 Å². The molecule has 0 saturated carbocycles. The molecule has 0 unspecified atom stereocenters. The second-order valence-electron chi connectivity index (χ2n) is 4.70. The molecule has 0 aliphatic carbocycles. The number of halogens is 1. The third-order valence-electron chi connectivity index (χ3n) is 2.93. The number of rotatable bonds is 7. The van der Waals surface area contributed by atoms with Crippen LogP contribution in [0.15, 0.2) is 64.0 Å². The Balaban J connectivity index is 1.64. The highest BCUT2D eigenvalue weighted by molar-refractivity contribution is 9.10. The van der Waals surface area contributed by atoms with Crippen molar-refractivity contribution in [2.75, 3.05) is 18.8 Å². The highest BCUT2D eigenvalue weighted by Crippen LogP contribution is 2.15. The van der Waals surface area contributed by atoms with Crippen LogP contribution in [0.3, 0.4) is 0 Å². The summed E-state index contributed by atoms with van der Waals surface area (Å²) in [6.45, 7) is 0.534. The van der Waals surface area contributed by atoms with Crippen LogP contribution in [-0.4, -0.2) is 30.7 Å². The predicted molar refractivity (Wildman–Crippen MR) is 96.7 cm³/mol. The average Bonchev–Trinajstić information content (AvgIpc) is 2.57. The number of nitrogens with one attached hydrogen (secondary N) is 2. The minimum absolute atomic E-state index is 0.0264. The van der Waals surface area contributed by atoms with E-state index in [4.69, 9.17) is 0 Å². The van der Waals surface area contributed by atoms with Gasteiger partial charge in [-0.05, 0) is 30.3 Å². The van der Waals surface area contributed by atoms with E-state index in [0.717, 1.165) is 10.2 Å². The predicted octanol–water partition coefficient (Wildman–Crippen LogP) is 3.09. The normalized spacial score (nSPS) is 10.1. The van der Waals surface area contributed by atoms with Gasteiger partial charge in [0, 0.05) is 27.2 Å². The molecule has 0 spiro atoms. The SMILES string of the molecule is O=C(CNC(=O)c1cccc(Br)c1)NCCSc1ccccc1. The standard InChI is InChI=1S/C17H17BrN2O2S/c18-14-6-4-5-13(11-14)17(22)20-12-16(21)19-9-10-23-15-7-2-1-3-8-15/h1-8,11H,9-10,12H2,(H,19,21)(H,20,22). The van der Waals surface area contributed by atoms with Crippen molar-refractivity contribution in [3.8, 4) is 0 Å². The van der Waals surface area contributed by atoms with Gasteiger partial charge < -0.3 is 10.6 Å². The molecule has 0 heterocycles. The van der Waals surface area contributed by atoms with Crippen LogP contribution in [0.25, 0.3) is 0 Å². The number of thioether (sulfide) groups is 1. The third-order valence-corrected chi connectivity index (χ3v) is 4.44. The summed E-state index contributed by atoms with van der Waals surface area (Å²) in [5.74, 6) is 0.331. The van der Waals surface area contributed by atoms with Crippen LogP contribution in [0.1, 0.15) is 10.4 Å². The van der Waals surface area contributed by atoms with Gasteiger partial charge in [0.15, 0.2) is 0 Å². The average molecular weight is 393 g/mol. The molecule has 2 aromatic rings. The molecule has 120 valence electrons. The van der Waals surface area contributed by atoms with Crippen LogP contribution in [0.4, 0.5) is 0 Å². The quantitative estimate of drug-likeness (QED) is 0.562. The van der Waals surface area contributed by atoms with Gasteiger partial charge in [0.1, 0.15) is 0 Å². The maximum Gasteiger partial charge on any atom is 0.251 e. The fourth-order valence-electron chi connectivity index (χ4n) is 1.83. The Morgan fingerprint density at radius 3 is 2.52 bits per heavy atom. The Bertz CT molecular complexity index is 665. The summed E-state index contributed by atoms with van der Waals surface area (Å²) in [5.41, 5.74) is 0.520. The van der Waals surface area contributed by atoms with E-state index in [2.05, 4.69) is 26.6 Å². The van der Waals surface area contributed by atoms with Crippen molar-refractivity contribution in [1.82, 2.24) is 10.6 Å². The second kappa shape index (κ2) is 9.37.